The van der Waals surface area contributed by atoms with Gasteiger partial charge in [0.25, 0.3) is 0 Å². The van der Waals surface area contributed by atoms with Gasteiger partial charge in [-0.15, -0.1) is 0 Å². The predicted octanol–water partition coefficient (Wildman–Crippen LogP) is 4.02. The summed E-state index contributed by atoms with van der Waals surface area (Å²) in [6.45, 7) is 16.2. The van der Waals surface area contributed by atoms with E-state index in [0.29, 0.717) is 5.41 Å². The van der Waals surface area contributed by atoms with E-state index in [-0.39, 0.29) is 5.41 Å². The Hall–Kier alpha value is -0.420. The van der Waals surface area contributed by atoms with E-state index < -0.39 is 0 Å². The Morgan fingerprint density at radius 3 is 2.09 bits per heavy atom. The summed E-state index contributed by atoms with van der Waals surface area (Å²) in [5, 5.41) is 10.6. The normalized spacial score (nSPS) is 11.9. The molecule has 0 saturated heterocycles. The van der Waals surface area contributed by atoms with Gasteiger partial charge in [0.15, 0.2) is 5.11 Å². The highest BCUT2D eigenvalue weighted by Gasteiger charge is 2.25. The van der Waals surface area contributed by atoms with Crippen LogP contribution >= 0.6 is 24.4 Å². The van der Waals surface area contributed by atoms with E-state index in [1.165, 1.54) is 0 Å². The molecule has 5 heteroatoms. The first kappa shape index (κ1) is 21.6. The van der Waals surface area contributed by atoms with E-state index in [2.05, 4.69) is 57.5 Å². The monoisotopic (exact) mass is 345 g/mol. The molecule has 0 aliphatic heterocycles. The molecule has 0 radical (unpaired) electrons. The molecule has 0 heterocycles. The van der Waals surface area contributed by atoms with Crippen molar-refractivity contribution in [3.63, 3.8) is 0 Å². The summed E-state index contributed by atoms with van der Waals surface area (Å²) in [6.07, 6.45) is 4.30. The van der Waals surface area contributed by atoms with Crippen LogP contribution in [0.25, 0.3) is 0 Å². The Labute approximate surface area is 148 Å². The molecule has 130 valence electrons. The molecule has 0 bridgehead atoms. The minimum absolute atomic E-state index is 0.238. The van der Waals surface area contributed by atoms with Crippen LogP contribution in [-0.4, -0.2) is 29.7 Å². The van der Waals surface area contributed by atoms with Crippen LogP contribution in [-0.2, 0) is 0 Å². The van der Waals surface area contributed by atoms with Crippen molar-refractivity contribution < 1.29 is 0 Å². The number of nitrogens with one attached hydrogen (secondary N) is 3. The zero-order chi connectivity index (χ0) is 17.2. The van der Waals surface area contributed by atoms with Crippen LogP contribution in [0.15, 0.2) is 0 Å². The van der Waals surface area contributed by atoms with Gasteiger partial charge in [-0.3, -0.25) is 0 Å². The maximum atomic E-state index is 5.35. The Morgan fingerprint density at radius 1 is 0.909 bits per heavy atom. The van der Waals surface area contributed by atoms with Crippen molar-refractivity contribution in [1.82, 2.24) is 16.0 Å². The second-order valence-corrected chi connectivity index (χ2v) is 8.82. The van der Waals surface area contributed by atoms with E-state index in [1.54, 1.807) is 0 Å². The third kappa shape index (κ3) is 13.3. The molecule has 0 aliphatic carbocycles. The van der Waals surface area contributed by atoms with E-state index in [1.807, 2.05) is 0 Å². The minimum atomic E-state index is 0.238. The highest BCUT2D eigenvalue weighted by Crippen LogP contribution is 2.32. The number of rotatable bonds is 9. The van der Waals surface area contributed by atoms with Crippen molar-refractivity contribution >= 4 is 34.5 Å². The molecule has 0 aromatic rings. The molecular weight excluding hydrogens is 310 g/mol. The van der Waals surface area contributed by atoms with Crippen molar-refractivity contribution in [3.05, 3.63) is 0 Å². The van der Waals surface area contributed by atoms with Gasteiger partial charge in [-0.25, -0.2) is 0 Å². The van der Waals surface area contributed by atoms with Crippen molar-refractivity contribution in [2.45, 2.75) is 67.2 Å². The maximum Gasteiger partial charge on any atom is 0.166 e. The van der Waals surface area contributed by atoms with E-state index in [4.69, 9.17) is 24.4 Å². The fourth-order valence-corrected chi connectivity index (χ4v) is 3.24. The molecule has 0 aromatic heterocycles. The lowest BCUT2D eigenvalue weighted by molar-refractivity contribution is 0.214. The van der Waals surface area contributed by atoms with Crippen LogP contribution in [0.1, 0.15) is 67.2 Å². The molecule has 0 spiro atoms. The van der Waals surface area contributed by atoms with Gasteiger partial charge in [0, 0.05) is 19.6 Å². The second-order valence-electron chi connectivity index (χ2n) is 7.92. The quantitative estimate of drug-likeness (QED) is 0.435. The largest absolute Gasteiger partial charge is 0.380 e. The number of hydrogen-bond acceptors (Lipinski definition) is 2. The van der Waals surface area contributed by atoms with Crippen molar-refractivity contribution in [2.24, 2.45) is 10.8 Å². The molecule has 0 atom stereocenters. The van der Waals surface area contributed by atoms with E-state index in [0.717, 1.165) is 55.4 Å². The van der Waals surface area contributed by atoms with Crippen LogP contribution in [0.3, 0.4) is 0 Å². The van der Waals surface area contributed by atoms with E-state index >= 15 is 0 Å². The van der Waals surface area contributed by atoms with Crippen molar-refractivity contribution in [2.75, 3.05) is 19.6 Å². The fraction of sp³-hybridized carbons (Fsp3) is 0.882. The van der Waals surface area contributed by atoms with Gasteiger partial charge < -0.3 is 16.0 Å². The lowest BCUT2D eigenvalue weighted by Crippen LogP contribution is -2.41. The average Bonchev–Trinajstić information content (AvgIpc) is 2.33. The first-order valence-corrected chi connectivity index (χ1v) is 9.16. The van der Waals surface area contributed by atoms with Crippen LogP contribution in [0, 0.1) is 10.8 Å². The van der Waals surface area contributed by atoms with E-state index in [9.17, 15) is 0 Å². The zero-order valence-electron chi connectivity index (χ0n) is 15.3. The highest BCUT2D eigenvalue weighted by molar-refractivity contribution is 7.80. The third-order valence-corrected chi connectivity index (χ3v) is 3.86. The fourth-order valence-electron chi connectivity index (χ4n) is 2.78. The number of unbranched alkanes of at least 4 members (excludes halogenated alkanes) is 1. The third-order valence-electron chi connectivity index (χ3n) is 3.23. The van der Waals surface area contributed by atoms with Crippen LogP contribution < -0.4 is 16.0 Å². The molecule has 0 amide bonds. The summed E-state index contributed by atoms with van der Waals surface area (Å²) in [5.41, 5.74) is 0.577. The van der Waals surface area contributed by atoms with Crippen molar-refractivity contribution in [1.29, 1.82) is 0 Å². The van der Waals surface area contributed by atoms with Crippen LogP contribution in [0.4, 0.5) is 0 Å². The average molecular weight is 346 g/mol. The Kier molecular flexibility index (Phi) is 10.2. The zero-order valence-corrected chi connectivity index (χ0v) is 16.9. The first-order chi connectivity index (χ1) is 10.1. The minimum Gasteiger partial charge on any atom is -0.380 e. The maximum absolute atomic E-state index is 5.35. The number of thiocarbonyl (C=S) groups is 2. The molecule has 22 heavy (non-hydrogen) atoms. The molecule has 3 nitrogen and oxygen atoms in total. The predicted molar refractivity (Wildman–Crippen MR) is 107 cm³/mol. The number of hydrogen-bond donors (Lipinski definition) is 3. The van der Waals surface area contributed by atoms with Crippen molar-refractivity contribution in [3.8, 4) is 0 Å². The SMILES string of the molecule is CCNC(=S)CCCCNC(=S)NCC(C)(C)CC(C)(C)C. The summed E-state index contributed by atoms with van der Waals surface area (Å²) < 4.78 is 0. The Bertz CT molecular complexity index is 346. The molecular formula is C17H35N3S2. The molecule has 3 N–H and O–H groups in total. The van der Waals surface area contributed by atoms with Crippen LogP contribution in [0.5, 0.6) is 0 Å². The lowest BCUT2D eigenvalue weighted by atomic mass is 9.76. The standard InChI is InChI=1S/C17H35N3S2/c1-7-18-14(21)10-8-9-11-19-15(22)20-13-17(5,6)12-16(2,3)4/h7-13H2,1-6H3,(H,18,21)(H2,19,20,22). The molecule has 0 aromatic carbocycles. The summed E-state index contributed by atoms with van der Waals surface area (Å²) in [5.74, 6) is 0. The van der Waals surface area contributed by atoms with Gasteiger partial charge >= 0.3 is 0 Å². The smallest absolute Gasteiger partial charge is 0.166 e. The highest BCUT2D eigenvalue weighted by atomic mass is 32.1. The Balaban J connectivity index is 3.76. The summed E-state index contributed by atoms with van der Waals surface area (Å²) in [4.78, 5) is 0.965. The van der Waals surface area contributed by atoms with Gasteiger partial charge in [-0.2, -0.15) is 0 Å². The van der Waals surface area contributed by atoms with Gasteiger partial charge in [-0.1, -0.05) is 46.8 Å². The van der Waals surface area contributed by atoms with Gasteiger partial charge in [-0.05, 0) is 55.7 Å². The summed E-state index contributed by atoms with van der Waals surface area (Å²) in [7, 11) is 0. The van der Waals surface area contributed by atoms with Crippen LogP contribution in [0.2, 0.25) is 0 Å². The molecule has 0 aliphatic rings. The van der Waals surface area contributed by atoms with Gasteiger partial charge in [0.1, 0.15) is 0 Å². The molecule has 0 rings (SSSR count). The molecule has 0 fully saturated rings. The summed E-state index contributed by atoms with van der Waals surface area (Å²) >= 11 is 10.6. The van der Waals surface area contributed by atoms with Gasteiger partial charge in [0.05, 0.1) is 4.99 Å². The molecule has 0 saturated carbocycles. The topological polar surface area (TPSA) is 36.1 Å². The summed E-state index contributed by atoms with van der Waals surface area (Å²) in [6, 6.07) is 0. The lowest BCUT2D eigenvalue weighted by Gasteiger charge is -2.33. The second kappa shape index (κ2) is 10.4. The first-order valence-electron chi connectivity index (χ1n) is 8.34. The Morgan fingerprint density at radius 2 is 1.55 bits per heavy atom. The molecule has 0 unspecified atom stereocenters. The van der Waals surface area contributed by atoms with Gasteiger partial charge in [0.2, 0.25) is 0 Å².